The molecular formula is C14H14N2O4S2. The zero-order valence-corrected chi connectivity index (χ0v) is 13.3. The minimum Gasteiger partial charge on any atom is -0.482 e. The largest absolute Gasteiger partial charge is 0.482 e. The fourth-order valence-corrected chi connectivity index (χ4v) is 4.18. The second-order valence-electron chi connectivity index (χ2n) is 4.85. The van der Waals surface area contributed by atoms with Gasteiger partial charge < -0.3 is 10.1 Å². The van der Waals surface area contributed by atoms with Crippen LogP contribution in [0.5, 0.6) is 5.75 Å². The van der Waals surface area contributed by atoms with Gasteiger partial charge in [-0.1, -0.05) is 6.07 Å². The van der Waals surface area contributed by atoms with Crippen LogP contribution in [0.4, 0.5) is 5.69 Å². The summed E-state index contributed by atoms with van der Waals surface area (Å²) in [5.74, 6) is 0.159. The molecule has 1 aliphatic heterocycles. The van der Waals surface area contributed by atoms with Gasteiger partial charge in [0.15, 0.2) is 6.61 Å². The molecule has 0 saturated heterocycles. The van der Waals surface area contributed by atoms with Gasteiger partial charge in [-0.15, -0.1) is 11.3 Å². The number of carbonyl (C=O) groups excluding carboxylic acids is 1. The molecule has 3 rings (SSSR count). The van der Waals surface area contributed by atoms with Gasteiger partial charge in [0.05, 0.1) is 16.6 Å². The average molecular weight is 338 g/mol. The van der Waals surface area contributed by atoms with Crippen LogP contribution in [0.2, 0.25) is 0 Å². The third kappa shape index (κ3) is 2.99. The SMILES string of the molecule is C[C@@H](NS(=O)(=O)c1ccc2c(c1)NC(=O)CO2)c1cccs1. The Bertz CT molecular complexity index is 800. The van der Waals surface area contributed by atoms with Gasteiger partial charge in [0.2, 0.25) is 10.0 Å². The lowest BCUT2D eigenvalue weighted by atomic mass is 10.2. The molecule has 2 heterocycles. The molecular weight excluding hydrogens is 324 g/mol. The maximum Gasteiger partial charge on any atom is 0.262 e. The summed E-state index contributed by atoms with van der Waals surface area (Å²) in [6.07, 6.45) is 0. The molecule has 2 aromatic rings. The summed E-state index contributed by atoms with van der Waals surface area (Å²) in [6, 6.07) is 7.82. The van der Waals surface area contributed by atoms with Crippen molar-refractivity contribution in [2.24, 2.45) is 0 Å². The second kappa shape index (κ2) is 5.71. The van der Waals surface area contributed by atoms with Gasteiger partial charge in [0.25, 0.3) is 5.91 Å². The first-order chi connectivity index (χ1) is 10.5. The predicted octanol–water partition coefficient (Wildman–Crippen LogP) is 2.12. The van der Waals surface area contributed by atoms with E-state index in [-0.39, 0.29) is 23.5 Å². The summed E-state index contributed by atoms with van der Waals surface area (Å²) in [5, 5.41) is 4.49. The highest BCUT2D eigenvalue weighted by atomic mass is 32.2. The van der Waals surface area contributed by atoms with Gasteiger partial charge >= 0.3 is 0 Å². The minimum absolute atomic E-state index is 0.0627. The Morgan fingerprint density at radius 1 is 1.36 bits per heavy atom. The van der Waals surface area contributed by atoms with Crippen molar-refractivity contribution in [3.63, 3.8) is 0 Å². The molecule has 22 heavy (non-hydrogen) atoms. The van der Waals surface area contributed by atoms with Crippen molar-refractivity contribution in [3.05, 3.63) is 40.6 Å². The van der Waals surface area contributed by atoms with Crippen molar-refractivity contribution in [2.75, 3.05) is 11.9 Å². The van der Waals surface area contributed by atoms with Crippen LogP contribution in [-0.4, -0.2) is 20.9 Å². The summed E-state index contributed by atoms with van der Waals surface area (Å²) in [4.78, 5) is 12.3. The van der Waals surface area contributed by atoms with E-state index in [2.05, 4.69) is 10.0 Å². The Kier molecular flexibility index (Phi) is 3.90. The molecule has 1 aromatic carbocycles. The first-order valence-electron chi connectivity index (χ1n) is 6.58. The van der Waals surface area contributed by atoms with Crippen molar-refractivity contribution in [2.45, 2.75) is 17.9 Å². The molecule has 0 fully saturated rings. The van der Waals surface area contributed by atoms with Gasteiger partial charge in [-0.05, 0) is 36.6 Å². The molecule has 8 heteroatoms. The van der Waals surface area contributed by atoms with Crippen LogP contribution in [0.3, 0.4) is 0 Å². The van der Waals surface area contributed by atoms with Gasteiger partial charge in [0, 0.05) is 4.88 Å². The molecule has 1 aromatic heterocycles. The van der Waals surface area contributed by atoms with Crippen molar-refractivity contribution >= 4 is 33.0 Å². The normalized spacial score (nSPS) is 15.6. The molecule has 0 unspecified atom stereocenters. The molecule has 0 saturated carbocycles. The van der Waals surface area contributed by atoms with E-state index in [1.54, 1.807) is 13.0 Å². The Hall–Kier alpha value is -1.90. The topological polar surface area (TPSA) is 84.5 Å². The van der Waals surface area contributed by atoms with E-state index in [0.717, 1.165) is 4.88 Å². The van der Waals surface area contributed by atoms with Gasteiger partial charge in [-0.25, -0.2) is 13.1 Å². The Morgan fingerprint density at radius 2 is 2.18 bits per heavy atom. The lowest BCUT2D eigenvalue weighted by molar-refractivity contribution is -0.118. The van der Waals surface area contributed by atoms with Crippen molar-refractivity contribution < 1.29 is 17.9 Å². The van der Waals surface area contributed by atoms with E-state index in [0.29, 0.717) is 11.4 Å². The van der Waals surface area contributed by atoms with Gasteiger partial charge in [-0.3, -0.25) is 4.79 Å². The average Bonchev–Trinajstić information content (AvgIpc) is 3.00. The molecule has 2 N–H and O–H groups in total. The van der Waals surface area contributed by atoms with Crippen molar-refractivity contribution in [3.8, 4) is 5.75 Å². The van der Waals surface area contributed by atoms with E-state index in [1.165, 1.54) is 23.5 Å². The van der Waals surface area contributed by atoms with Crippen LogP contribution in [0.25, 0.3) is 0 Å². The Balaban J connectivity index is 1.86. The van der Waals surface area contributed by atoms with Crippen LogP contribution >= 0.6 is 11.3 Å². The van der Waals surface area contributed by atoms with Gasteiger partial charge in [0.1, 0.15) is 5.75 Å². The lowest BCUT2D eigenvalue weighted by Gasteiger charge is -2.19. The highest BCUT2D eigenvalue weighted by molar-refractivity contribution is 7.89. The lowest BCUT2D eigenvalue weighted by Crippen LogP contribution is -2.28. The number of benzene rings is 1. The van der Waals surface area contributed by atoms with Gasteiger partial charge in [-0.2, -0.15) is 0 Å². The number of anilines is 1. The maximum atomic E-state index is 12.4. The number of amides is 1. The fourth-order valence-electron chi connectivity index (χ4n) is 2.13. The van der Waals surface area contributed by atoms with Crippen LogP contribution in [0, 0.1) is 0 Å². The van der Waals surface area contributed by atoms with E-state index in [1.807, 2.05) is 17.5 Å². The summed E-state index contributed by atoms with van der Waals surface area (Å²) in [5.41, 5.74) is 0.364. The Labute approximate surface area is 132 Å². The zero-order chi connectivity index (χ0) is 15.7. The number of ether oxygens (including phenoxy) is 1. The van der Waals surface area contributed by atoms with Crippen LogP contribution < -0.4 is 14.8 Å². The summed E-state index contributed by atoms with van der Waals surface area (Å²) in [6.45, 7) is 1.72. The first kappa shape index (κ1) is 15.0. The summed E-state index contributed by atoms with van der Waals surface area (Å²) >= 11 is 1.49. The maximum absolute atomic E-state index is 12.4. The molecule has 1 amide bonds. The van der Waals surface area contributed by atoms with E-state index in [4.69, 9.17) is 4.74 Å². The third-order valence-corrected chi connectivity index (χ3v) is 5.79. The number of fused-ring (bicyclic) bond motifs is 1. The highest BCUT2D eigenvalue weighted by Gasteiger charge is 2.22. The monoisotopic (exact) mass is 338 g/mol. The van der Waals surface area contributed by atoms with Crippen LogP contribution in [0.1, 0.15) is 17.8 Å². The summed E-state index contributed by atoms with van der Waals surface area (Å²) in [7, 11) is -3.69. The number of hydrogen-bond donors (Lipinski definition) is 2. The van der Waals surface area contributed by atoms with Crippen molar-refractivity contribution in [1.82, 2.24) is 4.72 Å². The molecule has 0 radical (unpaired) electrons. The van der Waals surface area contributed by atoms with E-state index < -0.39 is 10.0 Å². The molecule has 1 aliphatic rings. The van der Waals surface area contributed by atoms with E-state index >= 15 is 0 Å². The number of sulfonamides is 1. The second-order valence-corrected chi connectivity index (χ2v) is 7.55. The highest BCUT2D eigenvalue weighted by Crippen LogP contribution is 2.30. The molecule has 116 valence electrons. The third-order valence-electron chi connectivity index (χ3n) is 3.20. The first-order valence-corrected chi connectivity index (χ1v) is 8.94. The zero-order valence-electron chi connectivity index (χ0n) is 11.7. The fraction of sp³-hybridized carbons (Fsp3) is 0.214. The number of thiophene rings is 1. The van der Waals surface area contributed by atoms with E-state index in [9.17, 15) is 13.2 Å². The number of carbonyl (C=O) groups is 1. The molecule has 0 bridgehead atoms. The van der Waals surface area contributed by atoms with Crippen LogP contribution in [-0.2, 0) is 14.8 Å². The molecule has 0 aliphatic carbocycles. The molecule has 6 nitrogen and oxygen atoms in total. The summed E-state index contributed by atoms with van der Waals surface area (Å²) < 4.78 is 32.7. The predicted molar refractivity (Wildman–Crippen MR) is 83.6 cm³/mol. The van der Waals surface area contributed by atoms with Crippen LogP contribution in [0.15, 0.2) is 40.6 Å². The smallest absolute Gasteiger partial charge is 0.262 e. The number of nitrogens with one attached hydrogen (secondary N) is 2. The standard InChI is InChI=1S/C14H14N2O4S2/c1-9(13-3-2-6-21-13)16-22(18,19)10-4-5-12-11(7-10)15-14(17)8-20-12/h2-7,9,16H,8H2,1H3,(H,15,17)/t9-/m1/s1. The number of rotatable bonds is 4. The quantitative estimate of drug-likeness (QED) is 0.894. The molecule has 1 atom stereocenters. The minimum atomic E-state index is -3.69. The Morgan fingerprint density at radius 3 is 2.91 bits per heavy atom. The van der Waals surface area contributed by atoms with Crippen molar-refractivity contribution in [1.29, 1.82) is 0 Å². The number of hydrogen-bond acceptors (Lipinski definition) is 5. The molecule has 0 spiro atoms.